The fourth-order valence-corrected chi connectivity index (χ4v) is 3.06. The summed E-state index contributed by atoms with van der Waals surface area (Å²) in [6.45, 7) is 12.6. The lowest BCUT2D eigenvalue weighted by Crippen LogP contribution is -2.37. The molecule has 4 nitrogen and oxygen atoms in total. The van der Waals surface area contributed by atoms with E-state index >= 15 is 0 Å². The van der Waals surface area contributed by atoms with Crippen LogP contribution in [-0.2, 0) is 11.2 Å². The molecule has 152 valence electrons. The summed E-state index contributed by atoms with van der Waals surface area (Å²) in [5.41, 5.74) is 4.59. The van der Waals surface area contributed by atoms with E-state index in [1.54, 1.807) is 6.92 Å². The van der Waals surface area contributed by atoms with Gasteiger partial charge in [-0.15, -0.1) is 0 Å². The number of nitrogens with one attached hydrogen (secondary N) is 1. The summed E-state index contributed by atoms with van der Waals surface area (Å²) >= 11 is 0. The van der Waals surface area contributed by atoms with Gasteiger partial charge in [0.15, 0.2) is 6.10 Å². The summed E-state index contributed by atoms with van der Waals surface area (Å²) in [5.74, 6) is 1.58. The number of amides is 1. The van der Waals surface area contributed by atoms with Crippen LogP contribution in [0.3, 0.4) is 0 Å². The third-order valence-electron chi connectivity index (χ3n) is 4.65. The molecule has 1 amide bonds. The maximum atomic E-state index is 12.4. The maximum Gasteiger partial charge on any atom is 0.260 e. The summed E-state index contributed by atoms with van der Waals surface area (Å²) in [6, 6.07) is 12.2. The van der Waals surface area contributed by atoms with E-state index in [9.17, 15) is 4.79 Å². The highest BCUT2D eigenvalue weighted by molar-refractivity contribution is 5.80. The van der Waals surface area contributed by atoms with E-state index in [0.717, 1.165) is 35.5 Å². The summed E-state index contributed by atoms with van der Waals surface area (Å²) in [6.07, 6.45) is 1.40. The van der Waals surface area contributed by atoms with Gasteiger partial charge in [0.1, 0.15) is 11.5 Å². The van der Waals surface area contributed by atoms with Crippen LogP contribution in [0, 0.1) is 20.8 Å². The summed E-state index contributed by atoms with van der Waals surface area (Å²) in [5, 5.41) is 2.97. The molecule has 28 heavy (non-hydrogen) atoms. The van der Waals surface area contributed by atoms with Gasteiger partial charge in [0, 0.05) is 6.54 Å². The Bertz CT molecular complexity index is 798. The van der Waals surface area contributed by atoms with Gasteiger partial charge in [0.25, 0.3) is 5.91 Å². The van der Waals surface area contributed by atoms with Crippen LogP contribution in [0.15, 0.2) is 36.4 Å². The van der Waals surface area contributed by atoms with Crippen molar-refractivity contribution in [3.8, 4) is 11.5 Å². The maximum absolute atomic E-state index is 12.4. The van der Waals surface area contributed by atoms with E-state index < -0.39 is 6.10 Å². The third kappa shape index (κ3) is 6.59. The Labute approximate surface area is 169 Å². The van der Waals surface area contributed by atoms with Crippen LogP contribution >= 0.6 is 0 Å². The average molecular weight is 384 g/mol. The van der Waals surface area contributed by atoms with Crippen molar-refractivity contribution in [2.24, 2.45) is 0 Å². The number of carbonyl (C=O) groups is 1. The highest BCUT2D eigenvalue weighted by Crippen LogP contribution is 2.24. The molecule has 2 aromatic carbocycles. The number of hydrogen-bond acceptors (Lipinski definition) is 3. The molecule has 0 aromatic heterocycles. The van der Waals surface area contributed by atoms with Crippen LogP contribution in [-0.4, -0.2) is 24.7 Å². The molecule has 1 atom stereocenters. The van der Waals surface area contributed by atoms with Crippen LogP contribution in [0.5, 0.6) is 11.5 Å². The molecule has 0 aliphatic heterocycles. The van der Waals surface area contributed by atoms with Gasteiger partial charge in [-0.2, -0.15) is 0 Å². The van der Waals surface area contributed by atoms with Crippen LogP contribution in [0.4, 0.5) is 0 Å². The fraction of sp³-hybridized carbons (Fsp3) is 0.458. The van der Waals surface area contributed by atoms with E-state index in [0.29, 0.717) is 6.54 Å². The molecule has 0 radical (unpaired) electrons. The Hall–Kier alpha value is -2.49. The van der Waals surface area contributed by atoms with Crippen LogP contribution in [0.1, 0.15) is 49.4 Å². The largest absolute Gasteiger partial charge is 0.491 e. The molecule has 1 N–H and O–H groups in total. The number of hydrogen-bond donors (Lipinski definition) is 1. The van der Waals surface area contributed by atoms with Crippen molar-refractivity contribution < 1.29 is 14.3 Å². The molecule has 0 bridgehead atoms. The zero-order chi connectivity index (χ0) is 20.7. The highest BCUT2D eigenvalue weighted by atomic mass is 16.5. The van der Waals surface area contributed by atoms with Gasteiger partial charge >= 0.3 is 0 Å². The van der Waals surface area contributed by atoms with Crippen molar-refractivity contribution in [3.63, 3.8) is 0 Å². The van der Waals surface area contributed by atoms with Crippen molar-refractivity contribution in [3.05, 3.63) is 58.7 Å². The minimum absolute atomic E-state index is 0.0875. The Morgan fingerprint density at radius 3 is 2.50 bits per heavy atom. The molecule has 2 rings (SSSR count). The zero-order valence-electron chi connectivity index (χ0n) is 18.0. The van der Waals surface area contributed by atoms with Crippen molar-refractivity contribution >= 4 is 5.91 Å². The van der Waals surface area contributed by atoms with E-state index in [-0.39, 0.29) is 12.0 Å². The highest BCUT2D eigenvalue weighted by Gasteiger charge is 2.16. The normalized spacial score (nSPS) is 12.0. The van der Waals surface area contributed by atoms with Crippen LogP contribution < -0.4 is 14.8 Å². The molecule has 0 spiro atoms. The molecule has 0 saturated carbocycles. The molecule has 2 aromatic rings. The Kier molecular flexibility index (Phi) is 7.91. The Morgan fingerprint density at radius 2 is 1.79 bits per heavy atom. The lowest BCUT2D eigenvalue weighted by Gasteiger charge is -2.18. The topological polar surface area (TPSA) is 47.6 Å². The van der Waals surface area contributed by atoms with E-state index in [1.165, 1.54) is 11.1 Å². The second-order valence-electron chi connectivity index (χ2n) is 7.67. The average Bonchev–Trinajstić information content (AvgIpc) is 2.62. The second-order valence-corrected chi connectivity index (χ2v) is 7.67. The predicted octanol–water partition coefficient (Wildman–Crippen LogP) is 4.92. The first kappa shape index (κ1) is 21.8. The van der Waals surface area contributed by atoms with Gasteiger partial charge in [-0.05, 0) is 94.8 Å². The predicted molar refractivity (Wildman–Crippen MR) is 114 cm³/mol. The first-order chi connectivity index (χ1) is 13.3. The molecule has 0 fully saturated rings. The summed E-state index contributed by atoms with van der Waals surface area (Å²) in [4.78, 5) is 12.4. The Morgan fingerprint density at radius 1 is 1.04 bits per heavy atom. The third-order valence-corrected chi connectivity index (χ3v) is 4.65. The lowest BCUT2D eigenvalue weighted by atomic mass is 10.1. The summed E-state index contributed by atoms with van der Waals surface area (Å²) in [7, 11) is 0. The number of ether oxygens (including phenoxy) is 2. The van der Waals surface area contributed by atoms with Crippen molar-refractivity contribution in [2.75, 3.05) is 6.54 Å². The van der Waals surface area contributed by atoms with Gasteiger partial charge in [-0.25, -0.2) is 0 Å². The minimum Gasteiger partial charge on any atom is -0.491 e. The first-order valence-corrected chi connectivity index (χ1v) is 10.0. The van der Waals surface area contributed by atoms with Gasteiger partial charge in [0.05, 0.1) is 6.10 Å². The molecular formula is C24H33NO3. The number of aryl methyl sites for hydroxylation is 3. The molecule has 0 aliphatic carbocycles. The quantitative estimate of drug-likeness (QED) is 0.626. The second kappa shape index (κ2) is 10.2. The molecule has 4 heteroatoms. The van der Waals surface area contributed by atoms with Gasteiger partial charge in [-0.1, -0.05) is 18.2 Å². The SMILES string of the molecule is Cc1cc(C)c(C)c(O[C@H](C)C(=O)NCCCc2cccc(OC(C)C)c2)c1. The number of benzene rings is 2. The molecule has 0 aliphatic rings. The minimum atomic E-state index is -0.525. The molecule has 0 unspecified atom stereocenters. The number of carbonyl (C=O) groups excluding carboxylic acids is 1. The Balaban J connectivity index is 1.79. The van der Waals surface area contributed by atoms with E-state index in [4.69, 9.17) is 9.47 Å². The van der Waals surface area contributed by atoms with Gasteiger partial charge in [-0.3, -0.25) is 4.79 Å². The lowest BCUT2D eigenvalue weighted by molar-refractivity contribution is -0.127. The van der Waals surface area contributed by atoms with Crippen molar-refractivity contribution in [2.45, 2.75) is 66.6 Å². The van der Waals surface area contributed by atoms with Gasteiger partial charge in [0.2, 0.25) is 0 Å². The molecule has 0 saturated heterocycles. The smallest absolute Gasteiger partial charge is 0.260 e. The van der Waals surface area contributed by atoms with Crippen molar-refractivity contribution in [1.29, 1.82) is 0 Å². The molecule has 0 heterocycles. The molecular weight excluding hydrogens is 350 g/mol. The fourth-order valence-electron chi connectivity index (χ4n) is 3.06. The number of rotatable bonds is 9. The van der Waals surface area contributed by atoms with Crippen LogP contribution in [0.2, 0.25) is 0 Å². The van der Waals surface area contributed by atoms with E-state index in [2.05, 4.69) is 30.4 Å². The standard InChI is InChI=1S/C24H33NO3/c1-16(2)27-22-11-7-9-21(15-22)10-8-12-25-24(26)20(6)28-23-14-17(3)13-18(4)19(23)5/h7,9,11,13-16,20H,8,10,12H2,1-6H3,(H,25,26)/t20-/m1/s1. The van der Waals surface area contributed by atoms with Crippen LogP contribution in [0.25, 0.3) is 0 Å². The van der Waals surface area contributed by atoms with Gasteiger partial charge < -0.3 is 14.8 Å². The monoisotopic (exact) mass is 383 g/mol. The zero-order valence-corrected chi connectivity index (χ0v) is 18.0. The first-order valence-electron chi connectivity index (χ1n) is 10.0. The summed E-state index contributed by atoms with van der Waals surface area (Å²) < 4.78 is 11.6. The van der Waals surface area contributed by atoms with Crippen molar-refractivity contribution in [1.82, 2.24) is 5.32 Å². The van der Waals surface area contributed by atoms with E-state index in [1.807, 2.05) is 45.9 Å².